The van der Waals surface area contributed by atoms with E-state index >= 15 is 0 Å². The summed E-state index contributed by atoms with van der Waals surface area (Å²) in [6.45, 7) is 6.51. The number of hydrogen-bond donors (Lipinski definition) is 7. The smallest absolute Gasteiger partial charge is 0.159 e. The van der Waals surface area contributed by atoms with E-state index in [-0.39, 0.29) is 37.6 Å². The van der Waals surface area contributed by atoms with E-state index < -0.39 is 57.8 Å². The largest absolute Gasteiger partial charge is 0.396 e. The summed E-state index contributed by atoms with van der Waals surface area (Å²) < 4.78 is 0. The molecule has 0 aromatic rings. The minimum absolute atomic E-state index is 0.0846. The van der Waals surface area contributed by atoms with Crippen molar-refractivity contribution in [3.63, 3.8) is 0 Å². The number of aliphatic hydroxyl groups excluding tert-OH is 4. The molecule has 0 amide bonds. The van der Waals surface area contributed by atoms with Crippen molar-refractivity contribution in [2.24, 2.45) is 28.6 Å². The summed E-state index contributed by atoms with van der Waals surface area (Å²) in [5.41, 5.74) is -5.08. The third-order valence-electron chi connectivity index (χ3n) is 10.6. The van der Waals surface area contributed by atoms with Crippen LogP contribution in [-0.2, 0) is 4.79 Å². The molecule has 0 heterocycles. The third-order valence-corrected chi connectivity index (χ3v) is 10.6. The van der Waals surface area contributed by atoms with Crippen LogP contribution in [0.3, 0.4) is 0 Å². The van der Waals surface area contributed by atoms with E-state index in [0.717, 1.165) is 0 Å². The molecule has 0 saturated heterocycles. The summed E-state index contributed by atoms with van der Waals surface area (Å²) in [5, 5.41) is 76.1. The molecule has 0 bridgehead atoms. The summed E-state index contributed by atoms with van der Waals surface area (Å²) in [6, 6.07) is 0. The SMILES string of the molecule is CC(C)(O)CC[C@@H](O)[C@](C)(O)[C@H]1CC[C@@]2(O)C3=CC(=O)[C@@H]4C[C@@H](O)[C@@H](O)C[C@]4(CO)[C@H]3CC[C@]12C. The molecule has 4 aliphatic carbocycles. The fraction of sp³-hybridized carbons (Fsp3) is 0.889. The highest BCUT2D eigenvalue weighted by Gasteiger charge is 2.69. The maximum absolute atomic E-state index is 13.3. The van der Waals surface area contributed by atoms with Gasteiger partial charge in [-0.2, -0.15) is 0 Å². The second-order valence-electron chi connectivity index (χ2n) is 13.1. The molecule has 35 heavy (non-hydrogen) atoms. The fourth-order valence-electron chi connectivity index (χ4n) is 8.38. The predicted molar refractivity (Wildman–Crippen MR) is 128 cm³/mol. The molecule has 0 aromatic heterocycles. The first kappa shape index (κ1) is 27.2. The average Bonchev–Trinajstić information content (AvgIpc) is 3.05. The Balaban J connectivity index is 1.69. The number of ketones is 1. The van der Waals surface area contributed by atoms with Gasteiger partial charge >= 0.3 is 0 Å². The summed E-state index contributed by atoms with van der Waals surface area (Å²) in [6.07, 6.45) is 0.889. The van der Waals surface area contributed by atoms with E-state index in [1.165, 1.54) is 6.08 Å². The normalized spacial score (nSPS) is 46.2. The molecule has 0 unspecified atom stereocenters. The van der Waals surface area contributed by atoms with E-state index in [1.807, 2.05) is 6.92 Å². The second kappa shape index (κ2) is 8.58. The standard InChI is InChI=1S/C27H44O8/c1-23(2,33)8-7-22(32)25(4,34)21-6-10-27(35)16-11-18(29)17-12-19(30)20(31)13-26(17,14-28)15(16)5-9-24(21,27)3/h11,15,17,19-22,28,30-35H,5-10,12-14H2,1-4H3/t15-,17-,19+,20-,21-,22+,24+,25+,26-,27+/m0/s1. The Hall–Kier alpha value is -0.870. The van der Waals surface area contributed by atoms with Crippen molar-refractivity contribution in [2.45, 2.75) is 114 Å². The molecule has 200 valence electrons. The summed E-state index contributed by atoms with van der Waals surface area (Å²) in [4.78, 5) is 13.3. The van der Waals surface area contributed by atoms with Gasteiger partial charge in [-0.25, -0.2) is 0 Å². The molecule has 0 spiro atoms. The number of hydrogen-bond acceptors (Lipinski definition) is 8. The molecule has 8 heteroatoms. The molecule has 10 atom stereocenters. The molecule has 4 aliphatic rings. The van der Waals surface area contributed by atoms with Gasteiger partial charge in [0.25, 0.3) is 0 Å². The van der Waals surface area contributed by atoms with Crippen LogP contribution in [0.2, 0.25) is 0 Å². The van der Waals surface area contributed by atoms with Gasteiger partial charge in [0, 0.05) is 16.7 Å². The number of fused-ring (bicyclic) bond motifs is 5. The number of aliphatic hydroxyl groups is 7. The zero-order chi connectivity index (χ0) is 26.2. The number of carbonyl (C=O) groups excluding carboxylic acids is 1. The lowest BCUT2D eigenvalue weighted by atomic mass is 9.45. The lowest BCUT2D eigenvalue weighted by Gasteiger charge is -2.61. The molecular formula is C27H44O8. The van der Waals surface area contributed by atoms with Gasteiger partial charge in [0.1, 0.15) is 0 Å². The lowest BCUT2D eigenvalue weighted by molar-refractivity contribution is -0.183. The van der Waals surface area contributed by atoms with Gasteiger partial charge < -0.3 is 35.7 Å². The van der Waals surface area contributed by atoms with Gasteiger partial charge in [0.15, 0.2) is 5.78 Å². The summed E-state index contributed by atoms with van der Waals surface area (Å²) in [7, 11) is 0. The van der Waals surface area contributed by atoms with Crippen LogP contribution < -0.4 is 0 Å². The van der Waals surface area contributed by atoms with Gasteiger partial charge in [0.2, 0.25) is 0 Å². The van der Waals surface area contributed by atoms with Gasteiger partial charge in [-0.3, -0.25) is 4.79 Å². The van der Waals surface area contributed by atoms with E-state index in [1.54, 1.807) is 20.8 Å². The minimum Gasteiger partial charge on any atom is -0.396 e. The Morgan fingerprint density at radius 3 is 2.34 bits per heavy atom. The summed E-state index contributed by atoms with van der Waals surface area (Å²) in [5.74, 6) is -1.62. The summed E-state index contributed by atoms with van der Waals surface area (Å²) >= 11 is 0. The van der Waals surface area contributed by atoms with Crippen LogP contribution in [0, 0.1) is 28.6 Å². The van der Waals surface area contributed by atoms with Crippen molar-refractivity contribution < 1.29 is 40.5 Å². The van der Waals surface area contributed by atoms with Crippen LogP contribution in [0.5, 0.6) is 0 Å². The molecule has 0 aliphatic heterocycles. The Morgan fingerprint density at radius 1 is 1.09 bits per heavy atom. The first-order valence-corrected chi connectivity index (χ1v) is 13.1. The minimum atomic E-state index is -1.51. The molecule has 7 N–H and O–H groups in total. The predicted octanol–water partition coefficient (Wildman–Crippen LogP) is 0.826. The van der Waals surface area contributed by atoms with Crippen molar-refractivity contribution in [3.05, 3.63) is 11.6 Å². The van der Waals surface area contributed by atoms with E-state index in [9.17, 15) is 40.5 Å². The van der Waals surface area contributed by atoms with Crippen LogP contribution in [0.4, 0.5) is 0 Å². The van der Waals surface area contributed by atoms with Crippen LogP contribution in [0.15, 0.2) is 11.6 Å². The molecule has 4 rings (SSSR count). The molecule has 0 radical (unpaired) electrons. The molecule has 0 aromatic carbocycles. The van der Waals surface area contributed by atoms with Crippen LogP contribution >= 0.6 is 0 Å². The first-order chi connectivity index (χ1) is 16.0. The van der Waals surface area contributed by atoms with Crippen LogP contribution in [0.1, 0.15) is 79.1 Å². The monoisotopic (exact) mass is 496 g/mol. The maximum Gasteiger partial charge on any atom is 0.159 e. The Kier molecular flexibility index (Phi) is 6.66. The number of carbonyl (C=O) groups is 1. The molecule has 8 nitrogen and oxygen atoms in total. The first-order valence-electron chi connectivity index (χ1n) is 13.1. The van der Waals surface area contributed by atoms with E-state index in [2.05, 4.69) is 0 Å². The lowest BCUT2D eigenvalue weighted by Crippen LogP contribution is -2.64. The number of rotatable bonds is 6. The Morgan fingerprint density at radius 2 is 1.74 bits per heavy atom. The highest BCUT2D eigenvalue weighted by molar-refractivity contribution is 5.95. The highest BCUT2D eigenvalue weighted by Crippen LogP contribution is 2.68. The third kappa shape index (κ3) is 3.95. The maximum atomic E-state index is 13.3. The molecular weight excluding hydrogens is 452 g/mol. The highest BCUT2D eigenvalue weighted by atomic mass is 16.3. The van der Waals surface area contributed by atoms with Crippen LogP contribution in [0.25, 0.3) is 0 Å². The van der Waals surface area contributed by atoms with Gasteiger partial charge in [0.05, 0.1) is 41.7 Å². The second-order valence-corrected chi connectivity index (χ2v) is 13.1. The average molecular weight is 497 g/mol. The van der Waals surface area contributed by atoms with E-state index in [4.69, 9.17) is 0 Å². The van der Waals surface area contributed by atoms with Crippen molar-refractivity contribution in [1.82, 2.24) is 0 Å². The van der Waals surface area contributed by atoms with Gasteiger partial charge in [-0.1, -0.05) is 6.92 Å². The quantitative estimate of drug-likeness (QED) is 0.285. The van der Waals surface area contributed by atoms with Crippen molar-refractivity contribution in [3.8, 4) is 0 Å². The van der Waals surface area contributed by atoms with Crippen LogP contribution in [-0.4, -0.2) is 83.3 Å². The Bertz CT molecular complexity index is 877. The van der Waals surface area contributed by atoms with Gasteiger partial charge in [-0.15, -0.1) is 0 Å². The van der Waals surface area contributed by atoms with Crippen molar-refractivity contribution in [1.29, 1.82) is 0 Å². The number of allylic oxidation sites excluding steroid dienone is 1. The van der Waals surface area contributed by atoms with Gasteiger partial charge in [-0.05, 0) is 95.6 Å². The van der Waals surface area contributed by atoms with Crippen molar-refractivity contribution >= 4 is 5.78 Å². The topological polar surface area (TPSA) is 159 Å². The van der Waals surface area contributed by atoms with E-state index in [0.29, 0.717) is 37.7 Å². The Labute approximate surface area is 207 Å². The van der Waals surface area contributed by atoms with Crippen molar-refractivity contribution in [2.75, 3.05) is 6.61 Å². The molecule has 3 fully saturated rings. The fourth-order valence-corrected chi connectivity index (χ4v) is 8.38. The molecule has 3 saturated carbocycles. The zero-order valence-electron chi connectivity index (χ0n) is 21.4. The zero-order valence-corrected chi connectivity index (χ0v) is 21.4.